The number of nitrogens with one attached hydrogen (secondary N) is 1. The van der Waals surface area contributed by atoms with Crippen LogP contribution in [0, 0.1) is 10.1 Å². The van der Waals surface area contributed by atoms with Gasteiger partial charge in [-0.2, -0.15) is 0 Å². The van der Waals surface area contributed by atoms with E-state index < -0.39 is 33.6 Å². The topological polar surface area (TPSA) is 153 Å². The summed E-state index contributed by atoms with van der Waals surface area (Å²) in [6.07, 6.45) is 0. The highest BCUT2D eigenvalue weighted by Crippen LogP contribution is 2.14. The van der Waals surface area contributed by atoms with Gasteiger partial charge in [-0.25, -0.2) is 17.9 Å². The molecule has 0 aromatic heterocycles. The Morgan fingerprint density at radius 3 is 2.31 bits per heavy atom. The van der Waals surface area contributed by atoms with Gasteiger partial charge in [0.15, 0.2) is 0 Å². The molecule has 2 aromatic rings. The molecule has 10 nitrogen and oxygen atoms in total. The number of benzene rings is 2. The number of nitrogens with zero attached hydrogens (tertiary/aromatic N) is 1. The number of rotatable bonds is 7. The first-order chi connectivity index (χ1) is 12.2. The Kier molecular flexibility index (Phi) is 5.52. The van der Waals surface area contributed by atoms with Crippen LogP contribution in [0.3, 0.4) is 0 Å². The maximum absolute atomic E-state index is 12.3. The standard InChI is InChI=1S/C15H12N2O8S/c18-14(13-4-2-1-3-11(13)9-25-17(21)22)16-26(23,24)12-7-5-10(6-8-12)15(19)20/h1-8H,9H2,(H,16,18)(H,19,20). The second-order valence-corrected chi connectivity index (χ2v) is 6.60. The largest absolute Gasteiger partial charge is 0.478 e. The molecule has 11 heteroatoms. The Labute approximate surface area is 147 Å². The first kappa shape index (κ1) is 18.9. The molecule has 0 saturated carbocycles. The summed E-state index contributed by atoms with van der Waals surface area (Å²) >= 11 is 0. The number of carboxylic acids is 1. The molecule has 0 unspecified atom stereocenters. The van der Waals surface area contributed by atoms with Gasteiger partial charge in [0.1, 0.15) is 6.61 Å². The van der Waals surface area contributed by atoms with Gasteiger partial charge in [-0.05, 0) is 35.9 Å². The number of hydrogen-bond donors (Lipinski definition) is 2. The fourth-order valence-electron chi connectivity index (χ4n) is 2.00. The monoisotopic (exact) mass is 380 g/mol. The fourth-order valence-corrected chi connectivity index (χ4v) is 2.97. The number of carbonyl (C=O) groups is 2. The van der Waals surface area contributed by atoms with Crippen molar-refractivity contribution < 1.29 is 33.0 Å². The summed E-state index contributed by atoms with van der Waals surface area (Å²) in [6, 6.07) is 9.89. The Morgan fingerprint density at radius 2 is 1.73 bits per heavy atom. The zero-order chi connectivity index (χ0) is 19.3. The molecule has 0 atom stereocenters. The summed E-state index contributed by atoms with van der Waals surface area (Å²) in [4.78, 5) is 37.2. The maximum atomic E-state index is 12.3. The predicted octanol–water partition coefficient (Wildman–Crippen LogP) is 1.21. The fraction of sp³-hybridized carbons (Fsp3) is 0.0667. The number of carbonyl (C=O) groups excluding carboxylic acids is 1. The summed E-state index contributed by atoms with van der Waals surface area (Å²) in [5, 5.41) is 18.1. The van der Waals surface area contributed by atoms with Crippen molar-refractivity contribution in [2.24, 2.45) is 0 Å². The Balaban J connectivity index is 2.23. The van der Waals surface area contributed by atoms with Gasteiger partial charge in [0.25, 0.3) is 21.0 Å². The number of carboxylic acid groups (broad SMARTS) is 1. The molecule has 0 saturated heterocycles. The van der Waals surface area contributed by atoms with E-state index in [2.05, 4.69) is 4.84 Å². The zero-order valence-electron chi connectivity index (χ0n) is 13.0. The van der Waals surface area contributed by atoms with Gasteiger partial charge in [0.05, 0.1) is 10.5 Å². The van der Waals surface area contributed by atoms with Crippen LogP contribution in [-0.4, -0.2) is 30.5 Å². The highest BCUT2D eigenvalue weighted by Gasteiger charge is 2.21. The average Bonchev–Trinajstić information content (AvgIpc) is 2.59. The minimum atomic E-state index is -4.27. The van der Waals surface area contributed by atoms with E-state index in [0.717, 1.165) is 24.3 Å². The van der Waals surface area contributed by atoms with Crippen LogP contribution in [-0.2, 0) is 21.5 Å². The van der Waals surface area contributed by atoms with Crippen molar-refractivity contribution in [3.8, 4) is 0 Å². The molecule has 2 rings (SSSR count). The van der Waals surface area contributed by atoms with E-state index in [9.17, 15) is 28.1 Å². The molecule has 0 bridgehead atoms. The SMILES string of the molecule is O=C(O)c1ccc(S(=O)(=O)NC(=O)c2ccccc2CO[N+](=O)[O-])cc1. The second kappa shape index (κ2) is 7.61. The first-order valence-corrected chi connectivity index (χ1v) is 8.45. The summed E-state index contributed by atoms with van der Waals surface area (Å²) < 4.78 is 26.3. The van der Waals surface area contributed by atoms with E-state index in [1.54, 1.807) is 0 Å². The second-order valence-electron chi connectivity index (χ2n) is 4.92. The molecule has 0 aliphatic heterocycles. The Morgan fingerprint density at radius 1 is 1.12 bits per heavy atom. The highest BCUT2D eigenvalue weighted by molar-refractivity contribution is 7.90. The lowest BCUT2D eigenvalue weighted by molar-refractivity contribution is -0.763. The van der Waals surface area contributed by atoms with E-state index in [0.29, 0.717) is 0 Å². The molecular formula is C15H12N2O8S. The van der Waals surface area contributed by atoms with Gasteiger partial charge in [0.2, 0.25) is 0 Å². The molecule has 0 fully saturated rings. The minimum Gasteiger partial charge on any atom is -0.478 e. The Hall–Kier alpha value is -3.47. The van der Waals surface area contributed by atoms with Gasteiger partial charge in [-0.1, -0.05) is 18.2 Å². The molecule has 26 heavy (non-hydrogen) atoms. The van der Waals surface area contributed by atoms with Gasteiger partial charge >= 0.3 is 5.97 Å². The number of aromatic carboxylic acids is 1. The van der Waals surface area contributed by atoms with Crippen molar-refractivity contribution in [1.82, 2.24) is 4.72 Å². The molecule has 0 radical (unpaired) electrons. The van der Waals surface area contributed by atoms with Crippen LogP contribution in [0.25, 0.3) is 0 Å². The number of hydrogen-bond acceptors (Lipinski definition) is 7. The number of amides is 1. The van der Waals surface area contributed by atoms with Crippen molar-refractivity contribution in [3.63, 3.8) is 0 Å². The lowest BCUT2D eigenvalue weighted by Gasteiger charge is -2.10. The van der Waals surface area contributed by atoms with Crippen LogP contribution in [0.15, 0.2) is 53.4 Å². The lowest BCUT2D eigenvalue weighted by Crippen LogP contribution is -2.31. The first-order valence-electron chi connectivity index (χ1n) is 6.96. The molecule has 2 aromatic carbocycles. The van der Waals surface area contributed by atoms with Crippen LogP contribution in [0.5, 0.6) is 0 Å². The average molecular weight is 380 g/mol. The Bertz CT molecular complexity index is 954. The number of sulfonamides is 1. The molecule has 0 aliphatic rings. The molecule has 0 spiro atoms. The van der Waals surface area contributed by atoms with Crippen molar-refractivity contribution in [3.05, 3.63) is 75.3 Å². The molecule has 0 aliphatic carbocycles. The molecule has 0 heterocycles. The predicted molar refractivity (Wildman–Crippen MR) is 86.3 cm³/mol. The third-order valence-electron chi connectivity index (χ3n) is 3.23. The van der Waals surface area contributed by atoms with Crippen molar-refractivity contribution in [2.75, 3.05) is 0 Å². The summed E-state index contributed by atoms with van der Waals surface area (Å²) in [5.41, 5.74) is -0.101. The van der Waals surface area contributed by atoms with Crippen LogP contribution in [0.2, 0.25) is 0 Å². The van der Waals surface area contributed by atoms with Gasteiger partial charge in [0, 0.05) is 5.56 Å². The lowest BCUT2D eigenvalue weighted by atomic mass is 10.1. The van der Waals surface area contributed by atoms with Gasteiger partial charge < -0.3 is 9.94 Å². The van der Waals surface area contributed by atoms with Crippen LogP contribution >= 0.6 is 0 Å². The third kappa shape index (κ3) is 4.54. The summed E-state index contributed by atoms with van der Waals surface area (Å²) in [5.74, 6) is -2.23. The van der Waals surface area contributed by atoms with Crippen molar-refractivity contribution in [2.45, 2.75) is 11.5 Å². The van der Waals surface area contributed by atoms with E-state index >= 15 is 0 Å². The molecule has 1 amide bonds. The van der Waals surface area contributed by atoms with Crippen LogP contribution in [0.4, 0.5) is 0 Å². The van der Waals surface area contributed by atoms with Crippen LogP contribution in [0.1, 0.15) is 26.3 Å². The smallest absolute Gasteiger partial charge is 0.335 e. The van der Waals surface area contributed by atoms with Crippen LogP contribution < -0.4 is 4.72 Å². The van der Waals surface area contributed by atoms with E-state index in [4.69, 9.17) is 5.11 Å². The van der Waals surface area contributed by atoms with Crippen molar-refractivity contribution in [1.29, 1.82) is 0 Å². The molecule has 136 valence electrons. The highest BCUT2D eigenvalue weighted by atomic mass is 32.2. The maximum Gasteiger partial charge on any atom is 0.335 e. The minimum absolute atomic E-state index is 0.111. The van der Waals surface area contributed by atoms with E-state index in [1.165, 1.54) is 24.3 Å². The summed E-state index contributed by atoms with van der Waals surface area (Å²) in [6.45, 7) is -0.524. The van der Waals surface area contributed by atoms with Gasteiger partial charge in [-0.3, -0.25) is 4.79 Å². The van der Waals surface area contributed by atoms with Gasteiger partial charge in [-0.15, -0.1) is 10.1 Å². The normalized spacial score (nSPS) is 10.8. The van der Waals surface area contributed by atoms with E-state index in [-0.39, 0.29) is 21.6 Å². The summed E-state index contributed by atoms with van der Waals surface area (Å²) in [7, 11) is -4.27. The molecule has 2 N–H and O–H groups in total. The quantitative estimate of drug-likeness (QED) is 0.537. The molecular weight excluding hydrogens is 368 g/mol. The van der Waals surface area contributed by atoms with E-state index in [1.807, 2.05) is 4.72 Å². The third-order valence-corrected chi connectivity index (χ3v) is 4.57. The van der Waals surface area contributed by atoms with Crippen molar-refractivity contribution >= 4 is 21.9 Å². The zero-order valence-corrected chi connectivity index (χ0v) is 13.8.